The minimum atomic E-state index is 0.183. The Morgan fingerprint density at radius 3 is 2.47 bits per heavy atom. The van der Waals surface area contributed by atoms with Crippen LogP contribution in [0, 0.1) is 0 Å². The molecule has 0 bridgehead atoms. The van der Waals surface area contributed by atoms with Gasteiger partial charge in [0.25, 0.3) is 0 Å². The molecule has 3 nitrogen and oxygen atoms in total. The van der Waals surface area contributed by atoms with E-state index in [2.05, 4.69) is 11.6 Å². The van der Waals surface area contributed by atoms with Gasteiger partial charge in [-0.1, -0.05) is 12.8 Å². The van der Waals surface area contributed by atoms with Crippen LogP contribution in [-0.2, 0) is 4.79 Å². The van der Waals surface area contributed by atoms with Crippen LogP contribution in [0.2, 0.25) is 0 Å². The molecule has 102 valence electrons. The van der Waals surface area contributed by atoms with Crippen LogP contribution in [0.25, 0.3) is 0 Å². The standard InChI is InChI=1S/C13H28N2OS/c1-12(2)15(3)13(16)11-14-9-7-5-6-8-10-17-4/h12,14H,5-11H2,1-4H3. The van der Waals surface area contributed by atoms with Crippen molar-refractivity contribution in [2.24, 2.45) is 0 Å². The van der Waals surface area contributed by atoms with Crippen molar-refractivity contribution in [3.8, 4) is 0 Å². The van der Waals surface area contributed by atoms with Crippen molar-refractivity contribution < 1.29 is 4.79 Å². The van der Waals surface area contributed by atoms with Crippen LogP contribution in [0.1, 0.15) is 39.5 Å². The Bertz CT molecular complexity index is 198. The molecule has 0 spiro atoms. The van der Waals surface area contributed by atoms with Crippen molar-refractivity contribution in [3.05, 3.63) is 0 Å². The van der Waals surface area contributed by atoms with E-state index in [4.69, 9.17) is 0 Å². The first kappa shape index (κ1) is 16.8. The summed E-state index contributed by atoms with van der Waals surface area (Å²) in [7, 11) is 1.86. The monoisotopic (exact) mass is 260 g/mol. The zero-order chi connectivity index (χ0) is 13.1. The lowest BCUT2D eigenvalue weighted by atomic mass is 10.2. The van der Waals surface area contributed by atoms with E-state index in [0.29, 0.717) is 6.54 Å². The summed E-state index contributed by atoms with van der Waals surface area (Å²) in [4.78, 5) is 13.4. The third kappa shape index (κ3) is 9.48. The summed E-state index contributed by atoms with van der Waals surface area (Å²) in [6.45, 7) is 5.49. The highest BCUT2D eigenvalue weighted by Crippen LogP contribution is 2.03. The van der Waals surface area contributed by atoms with Gasteiger partial charge in [0.15, 0.2) is 0 Å². The molecule has 1 N–H and O–H groups in total. The van der Waals surface area contributed by atoms with Crippen LogP contribution in [0.4, 0.5) is 0 Å². The normalized spacial score (nSPS) is 10.9. The number of nitrogens with zero attached hydrogens (tertiary/aromatic N) is 1. The Morgan fingerprint density at radius 1 is 1.24 bits per heavy atom. The average molecular weight is 260 g/mol. The smallest absolute Gasteiger partial charge is 0.236 e. The zero-order valence-corrected chi connectivity index (χ0v) is 12.6. The topological polar surface area (TPSA) is 32.3 Å². The first-order chi connectivity index (χ1) is 8.09. The van der Waals surface area contributed by atoms with Gasteiger partial charge in [0.2, 0.25) is 5.91 Å². The predicted molar refractivity (Wildman–Crippen MR) is 77.6 cm³/mol. The molecular weight excluding hydrogens is 232 g/mol. The van der Waals surface area contributed by atoms with Crippen molar-refractivity contribution in [2.75, 3.05) is 32.1 Å². The number of rotatable bonds is 10. The lowest BCUT2D eigenvalue weighted by molar-refractivity contribution is -0.130. The van der Waals surface area contributed by atoms with E-state index < -0.39 is 0 Å². The van der Waals surface area contributed by atoms with Gasteiger partial charge in [0.1, 0.15) is 0 Å². The van der Waals surface area contributed by atoms with E-state index in [1.165, 1.54) is 31.4 Å². The third-order valence-corrected chi connectivity index (χ3v) is 3.59. The molecule has 17 heavy (non-hydrogen) atoms. The molecule has 0 saturated carbocycles. The van der Waals surface area contributed by atoms with Crippen molar-refractivity contribution in [1.82, 2.24) is 10.2 Å². The van der Waals surface area contributed by atoms with E-state index in [-0.39, 0.29) is 11.9 Å². The maximum atomic E-state index is 11.6. The molecule has 0 aliphatic heterocycles. The van der Waals surface area contributed by atoms with Gasteiger partial charge in [-0.05, 0) is 45.2 Å². The average Bonchev–Trinajstić information content (AvgIpc) is 2.31. The fourth-order valence-electron chi connectivity index (χ4n) is 1.46. The minimum absolute atomic E-state index is 0.183. The van der Waals surface area contributed by atoms with Crippen molar-refractivity contribution in [1.29, 1.82) is 0 Å². The van der Waals surface area contributed by atoms with Crippen LogP contribution in [-0.4, -0.2) is 49.0 Å². The number of likely N-dealkylation sites (N-methyl/N-ethyl adjacent to an activating group) is 1. The highest BCUT2D eigenvalue weighted by atomic mass is 32.2. The number of unbranched alkanes of at least 4 members (excludes halogenated alkanes) is 3. The highest BCUT2D eigenvalue weighted by molar-refractivity contribution is 7.98. The van der Waals surface area contributed by atoms with Crippen molar-refractivity contribution in [2.45, 2.75) is 45.6 Å². The predicted octanol–water partition coefficient (Wildman–Crippen LogP) is 2.37. The molecule has 0 aliphatic carbocycles. The largest absolute Gasteiger partial charge is 0.342 e. The second-order valence-electron chi connectivity index (χ2n) is 4.68. The highest BCUT2D eigenvalue weighted by Gasteiger charge is 2.10. The molecular formula is C13H28N2OS. The lowest BCUT2D eigenvalue weighted by Crippen LogP contribution is -2.39. The molecule has 1 amide bonds. The summed E-state index contributed by atoms with van der Waals surface area (Å²) in [5.41, 5.74) is 0. The summed E-state index contributed by atoms with van der Waals surface area (Å²) in [6, 6.07) is 0.288. The second kappa shape index (κ2) is 10.9. The van der Waals surface area contributed by atoms with Crippen LogP contribution in [0.3, 0.4) is 0 Å². The first-order valence-corrected chi connectivity index (χ1v) is 7.94. The molecule has 0 aromatic carbocycles. The molecule has 0 aromatic heterocycles. The zero-order valence-electron chi connectivity index (χ0n) is 11.8. The number of nitrogens with one attached hydrogen (secondary N) is 1. The summed E-state index contributed by atoms with van der Waals surface area (Å²) < 4.78 is 0. The van der Waals surface area contributed by atoms with Crippen molar-refractivity contribution in [3.63, 3.8) is 0 Å². The van der Waals surface area contributed by atoms with Crippen LogP contribution in [0.5, 0.6) is 0 Å². The fraction of sp³-hybridized carbons (Fsp3) is 0.923. The lowest BCUT2D eigenvalue weighted by Gasteiger charge is -2.21. The minimum Gasteiger partial charge on any atom is -0.342 e. The molecule has 0 aliphatic rings. The molecule has 0 heterocycles. The molecule has 0 aromatic rings. The molecule has 0 fully saturated rings. The summed E-state index contributed by atoms with van der Waals surface area (Å²) in [5.74, 6) is 1.45. The molecule has 0 radical (unpaired) electrons. The van der Waals surface area contributed by atoms with Crippen LogP contribution in [0.15, 0.2) is 0 Å². The molecule has 0 atom stereocenters. The number of carbonyl (C=O) groups is 1. The Hall–Kier alpha value is -0.220. The first-order valence-electron chi connectivity index (χ1n) is 6.55. The maximum Gasteiger partial charge on any atom is 0.236 e. The van der Waals surface area contributed by atoms with Crippen LogP contribution < -0.4 is 5.32 Å². The van der Waals surface area contributed by atoms with Gasteiger partial charge in [-0.25, -0.2) is 0 Å². The molecule has 0 saturated heterocycles. The van der Waals surface area contributed by atoms with Gasteiger partial charge in [-0.2, -0.15) is 11.8 Å². The maximum absolute atomic E-state index is 11.6. The number of carbonyl (C=O) groups excluding carboxylic acids is 1. The quantitative estimate of drug-likeness (QED) is 0.612. The molecule has 0 unspecified atom stereocenters. The molecule has 4 heteroatoms. The van der Waals surface area contributed by atoms with Gasteiger partial charge in [-0.3, -0.25) is 4.79 Å². The number of hydrogen-bond acceptors (Lipinski definition) is 3. The van der Waals surface area contributed by atoms with E-state index in [1.54, 1.807) is 4.90 Å². The van der Waals surface area contributed by atoms with Crippen molar-refractivity contribution >= 4 is 17.7 Å². The SMILES string of the molecule is CSCCCCCCNCC(=O)N(C)C(C)C. The van der Waals surface area contributed by atoms with Gasteiger partial charge in [0.05, 0.1) is 6.54 Å². The van der Waals surface area contributed by atoms with E-state index >= 15 is 0 Å². The second-order valence-corrected chi connectivity index (χ2v) is 5.67. The Morgan fingerprint density at radius 2 is 1.88 bits per heavy atom. The van der Waals surface area contributed by atoms with E-state index in [9.17, 15) is 4.79 Å². The molecule has 0 rings (SSSR count). The van der Waals surface area contributed by atoms with Crippen LogP contribution >= 0.6 is 11.8 Å². The van der Waals surface area contributed by atoms with Gasteiger partial charge in [-0.15, -0.1) is 0 Å². The summed E-state index contributed by atoms with van der Waals surface area (Å²) >= 11 is 1.91. The number of amides is 1. The van der Waals surface area contributed by atoms with E-state index in [1.807, 2.05) is 32.7 Å². The van der Waals surface area contributed by atoms with Gasteiger partial charge in [0, 0.05) is 13.1 Å². The Balaban J connectivity index is 3.31. The summed E-state index contributed by atoms with van der Waals surface area (Å²) in [6.07, 6.45) is 7.21. The number of hydrogen-bond donors (Lipinski definition) is 1. The Labute approximate surface area is 111 Å². The van der Waals surface area contributed by atoms with Gasteiger partial charge >= 0.3 is 0 Å². The summed E-state index contributed by atoms with van der Waals surface area (Å²) in [5, 5.41) is 3.22. The number of thioether (sulfide) groups is 1. The fourth-order valence-corrected chi connectivity index (χ4v) is 1.95. The van der Waals surface area contributed by atoms with E-state index in [0.717, 1.165) is 6.54 Å². The third-order valence-electron chi connectivity index (χ3n) is 2.90. The Kier molecular flexibility index (Phi) is 10.8. The van der Waals surface area contributed by atoms with Gasteiger partial charge < -0.3 is 10.2 Å².